The molecule has 0 aliphatic heterocycles. The minimum absolute atomic E-state index is 0.494. The highest BCUT2D eigenvalue weighted by atomic mass is 16.5. The van der Waals surface area contributed by atoms with Crippen LogP contribution in [0.15, 0.2) is 23.2 Å². The maximum atomic E-state index is 5.89. The molecular formula is C18H31N3O2. The normalized spacial score (nSPS) is 11.3. The first kappa shape index (κ1) is 19.1. The summed E-state index contributed by atoms with van der Waals surface area (Å²) in [5, 5.41) is 3.17. The number of aliphatic imine (C=N–C) groups is 1. The van der Waals surface area contributed by atoms with Crippen molar-refractivity contribution in [1.82, 2.24) is 5.32 Å². The van der Waals surface area contributed by atoms with Crippen LogP contribution < -0.4 is 20.5 Å². The third kappa shape index (κ3) is 7.77. The Morgan fingerprint density at radius 3 is 2.43 bits per heavy atom. The third-order valence-corrected chi connectivity index (χ3v) is 3.72. The highest BCUT2D eigenvalue weighted by Gasteiger charge is 2.04. The van der Waals surface area contributed by atoms with E-state index in [0.29, 0.717) is 18.3 Å². The first-order chi connectivity index (χ1) is 11.2. The third-order valence-electron chi connectivity index (χ3n) is 3.72. The number of guanidine groups is 1. The van der Waals surface area contributed by atoms with E-state index < -0.39 is 0 Å². The summed E-state index contributed by atoms with van der Waals surface area (Å²) < 4.78 is 10.5. The molecule has 0 fully saturated rings. The summed E-state index contributed by atoms with van der Waals surface area (Å²) in [5.74, 6) is 1.92. The van der Waals surface area contributed by atoms with Crippen LogP contribution in [0.1, 0.15) is 51.0 Å². The lowest BCUT2D eigenvalue weighted by Gasteiger charge is -2.09. The van der Waals surface area contributed by atoms with E-state index in [2.05, 4.69) is 17.2 Å². The monoisotopic (exact) mass is 321 g/mol. The number of nitrogens with zero attached hydrogens (tertiary/aromatic N) is 1. The average Bonchev–Trinajstić information content (AvgIpc) is 2.58. The number of unbranched alkanes of at least 4 members (excludes halogenated alkanes) is 5. The Labute approximate surface area is 140 Å². The van der Waals surface area contributed by atoms with Crippen LogP contribution in [0.5, 0.6) is 11.5 Å². The van der Waals surface area contributed by atoms with Gasteiger partial charge >= 0.3 is 0 Å². The molecule has 3 N–H and O–H groups in total. The molecule has 0 radical (unpaired) electrons. The fourth-order valence-electron chi connectivity index (χ4n) is 2.33. The standard InChI is InChI=1S/C18H31N3O2/c1-4-5-6-7-8-9-12-20-18(19)21-14-15-10-11-16(22-2)17(13-15)23-3/h10-11,13H,4-9,12,14H2,1-3H3,(H3,19,20,21). The van der Waals surface area contributed by atoms with Crippen LogP contribution in [0.3, 0.4) is 0 Å². The summed E-state index contributed by atoms with van der Waals surface area (Å²) in [7, 11) is 3.25. The van der Waals surface area contributed by atoms with E-state index in [1.165, 1.54) is 32.1 Å². The van der Waals surface area contributed by atoms with Gasteiger partial charge in [0.1, 0.15) is 0 Å². The zero-order valence-electron chi connectivity index (χ0n) is 14.7. The molecule has 0 saturated heterocycles. The fraction of sp³-hybridized carbons (Fsp3) is 0.611. The van der Waals surface area contributed by atoms with Crippen LogP contribution in [-0.2, 0) is 6.54 Å². The van der Waals surface area contributed by atoms with E-state index >= 15 is 0 Å². The zero-order valence-corrected chi connectivity index (χ0v) is 14.7. The predicted molar refractivity (Wildman–Crippen MR) is 96.3 cm³/mol. The van der Waals surface area contributed by atoms with Gasteiger partial charge in [0, 0.05) is 6.54 Å². The lowest BCUT2D eigenvalue weighted by Crippen LogP contribution is -2.32. The van der Waals surface area contributed by atoms with Crippen molar-refractivity contribution in [2.75, 3.05) is 20.8 Å². The van der Waals surface area contributed by atoms with E-state index in [-0.39, 0.29) is 0 Å². The van der Waals surface area contributed by atoms with Gasteiger partial charge in [-0.1, -0.05) is 45.1 Å². The van der Waals surface area contributed by atoms with E-state index in [1.54, 1.807) is 14.2 Å². The van der Waals surface area contributed by atoms with Gasteiger partial charge in [-0.05, 0) is 24.1 Å². The van der Waals surface area contributed by atoms with Gasteiger partial charge in [0.2, 0.25) is 0 Å². The summed E-state index contributed by atoms with van der Waals surface area (Å²) in [4.78, 5) is 4.36. The van der Waals surface area contributed by atoms with Crippen LogP contribution in [0.4, 0.5) is 0 Å². The minimum Gasteiger partial charge on any atom is -0.493 e. The maximum absolute atomic E-state index is 5.89. The van der Waals surface area contributed by atoms with Crippen molar-refractivity contribution in [3.63, 3.8) is 0 Å². The highest BCUT2D eigenvalue weighted by molar-refractivity contribution is 5.77. The fourth-order valence-corrected chi connectivity index (χ4v) is 2.33. The first-order valence-corrected chi connectivity index (χ1v) is 8.46. The highest BCUT2D eigenvalue weighted by Crippen LogP contribution is 2.27. The summed E-state index contributed by atoms with van der Waals surface area (Å²) >= 11 is 0. The smallest absolute Gasteiger partial charge is 0.188 e. The largest absolute Gasteiger partial charge is 0.493 e. The molecule has 130 valence electrons. The van der Waals surface area contributed by atoms with E-state index in [4.69, 9.17) is 15.2 Å². The van der Waals surface area contributed by atoms with Crippen molar-refractivity contribution in [2.45, 2.75) is 52.0 Å². The van der Waals surface area contributed by atoms with Crippen molar-refractivity contribution in [2.24, 2.45) is 10.7 Å². The number of nitrogens with two attached hydrogens (primary N) is 1. The van der Waals surface area contributed by atoms with E-state index in [0.717, 1.165) is 24.3 Å². The number of hydrogen-bond acceptors (Lipinski definition) is 3. The lowest BCUT2D eigenvalue weighted by atomic mass is 10.1. The second kappa shape index (κ2) is 11.6. The molecule has 1 rings (SSSR count). The van der Waals surface area contributed by atoms with E-state index in [1.807, 2.05) is 18.2 Å². The topological polar surface area (TPSA) is 68.9 Å². The Balaban J connectivity index is 2.30. The zero-order chi connectivity index (χ0) is 16.9. The molecule has 0 saturated carbocycles. The Morgan fingerprint density at radius 2 is 1.74 bits per heavy atom. The Kier molecular flexibility index (Phi) is 9.68. The van der Waals surface area contributed by atoms with Gasteiger partial charge in [-0.25, -0.2) is 4.99 Å². The van der Waals surface area contributed by atoms with Gasteiger partial charge in [0.15, 0.2) is 17.5 Å². The maximum Gasteiger partial charge on any atom is 0.188 e. The number of nitrogens with one attached hydrogen (secondary N) is 1. The number of hydrogen-bond donors (Lipinski definition) is 2. The van der Waals surface area contributed by atoms with Crippen LogP contribution in [0, 0.1) is 0 Å². The predicted octanol–water partition coefficient (Wildman–Crippen LogP) is 3.47. The van der Waals surface area contributed by atoms with Gasteiger partial charge in [-0.15, -0.1) is 0 Å². The number of benzene rings is 1. The summed E-state index contributed by atoms with van der Waals surface area (Å²) in [6.45, 7) is 3.64. The van der Waals surface area contributed by atoms with Crippen molar-refractivity contribution >= 4 is 5.96 Å². The Bertz CT molecular complexity index is 475. The number of ether oxygens (including phenoxy) is 2. The van der Waals surface area contributed by atoms with Crippen LogP contribution in [0.25, 0.3) is 0 Å². The molecule has 0 bridgehead atoms. The molecule has 5 heteroatoms. The van der Waals surface area contributed by atoms with Crippen LogP contribution >= 0.6 is 0 Å². The quantitative estimate of drug-likeness (QED) is 0.372. The van der Waals surface area contributed by atoms with Gasteiger partial charge in [0.05, 0.1) is 20.8 Å². The van der Waals surface area contributed by atoms with Crippen LogP contribution in [0.2, 0.25) is 0 Å². The molecule has 0 aliphatic rings. The molecule has 0 aromatic heterocycles. The Morgan fingerprint density at radius 1 is 1.04 bits per heavy atom. The second-order valence-electron chi connectivity index (χ2n) is 5.59. The van der Waals surface area contributed by atoms with Crippen LogP contribution in [-0.4, -0.2) is 26.7 Å². The van der Waals surface area contributed by atoms with Crippen molar-refractivity contribution in [3.05, 3.63) is 23.8 Å². The van der Waals surface area contributed by atoms with Gasteiger partial charge in [-0.3, -0.25) is 0 Å². The molecule has 0 spiro atoms. The van der Waals surface area contributed by atoms with E-state index in [9.17, 15) is 0 Å². The Hall–Kier alpha value is -1.91. The molecule has 0 atom stereocenters. The minimum atomic E-state index is 0.494. The van der Waals surface area contributed by atoms with Gasteiger partial charge in [-0.2, -0.15) is 0 Å². The number of methoxy groups -OCH3 is 2. The average molecular weight is 321 g/mol. The molecule has 0 unspecified atom stereocenters. The molecule has 23 heavy (non-hydrogen) atoms. The second-order valence-corrected chi connectivity index (χ2v) is 5.59. The molecule has 1 aromatic rings. The van der Waals surface area contributed by atoms with Gasteiger partial charge < -0.3 is 20.5 Å². The summed E-state index contributed by atoms with van der Waals surface area (Å²) in [6, 6.07) is 5.76. The van der Waals surface area contributed by atoms with Gasteiger partial charge in [0.25, 0.3) is 0 Å². The molecule has 1 aromatic carbocycles. The molecule has 5 nitrogen and oxygen atoms in total. The molecule has 0 heterocycles. The number of rotatable bonds is 11. The van der Waals surface area contributed by atoms with Crippen molar-refractivity contribution < 1.29 is 9.47 Å². The molecular weight excluding hydrogens is 290 g/mol. The summed E-state index contributed by atoms with van der Waals surface area (Å²) in [6.07, 6.45) is 7.64. The van der Waals surface area contributed by atoms with Crippen molar-refractivity contribution in [3.8, 4) is 11.5 Å². The van der Waals surface area contributed by atoms with Crippen molar-refractivity contribution in [1.29, 1.82) is 0 Å². The molecule has 0 amide bonds. The first-order valence-electron chi connectivity index (χ1n) is 8.46. The summed E-state index contributed by atoms with van der Waals surface area (Å²) in [5.41, 5.74) is 6.93. The lowest BCUT2D eigenvalue weighted by molar-refractivity contribution is 0.354. The molecule has 0 aliphatic carbocycles. The SMILES string of the molecule is CCCCCCCCNC(N)=NCc1ccc(OC)c(OC)c1.